The fourth-order valence-electron chi connectivity index (χ4n) is 3.08. The average Bonchev–Trinajstić information content (AvgIpc) is 3.30. The minimum absolute atomic E-state index is 0. The van der Waals surface area contributed by atoms with Crippen molar-refractivity contribution in [1.29, 1.82) is 0 Å². The smallest absolute Gasteiger partial charge is 0.231 e. The van der Waals surface area contributed by atoms with Crippen LogP contribution in [0, 0.1) is 0 Å². The molecule has 3 aromatic rings. The van der Waals surface area contributed by atoms with Crippen LogP contribution in [0.2, 0.25) is 0 Å². The normalized spacial score (nSPS) is 12.2. The fourth-order valence-corrected chi connectivity index (χ4v) is 4.10. The summed E-state index contributed by atoms with van der Waals surface area (Å²) in [5.41, 5.74) is 1.99. The van der Waals surface area contributed by atoms with Gasteiger partial charge in [0.05, 0.1) is 10.2 Å². The fraction of sp³-hybridized carbons (Fsp3) is 0.333. The summed E-state index contributed by atoms with van der Waals surface area (Å²) in [6.45, 7) is 1.62. The third kappa shape index (κ3) is 4.98. The van der Waals surface area contributed by atoms with Crippen LogP contribution in [0.3, 0.4) is 0 Å². The molecule has 0 radical (unpaired) electrons. The third-order valence-corrected chi connectivity index (χ3v) is 5.69. The number of fused-ring (bicyclic) bond motifs is 2. The van der Waals surface area contributed by atoms with Crippen LogP contribution in [-0.2, 0) is 11.2 Å². The number of amides is 1. The quantitative estimate of drug-likeness (QED) is 0.564. The zero-order chi connectivity index (χ0) is 19.5. The van der Waals surface area contributed by atoms with Crippen LogP contribution in [0.4, 0.5) is 5.13 Å². The van der Waals surface area contributed by atoms with Crippen LogP contribution < -0.4 is 14.4 Å². The van der Waals surface area contributed by atoms with Gasteiger partial charge in [0.15, 0.2) is 16.6 Å². The minimum Gasteiger partial charge on any atom is -0.454 e. The number of rotatable bonds is 7. The number of ether oxygens (including phenoxy) is 2. The molecule has 8 heteroatoms. The lowest BCUT2D eigenvalue weighted by atomic mass is 10.1. The van der Waals surface area contributed by atoms with Crippen LogP contribution in [0.1, 0.15) is 12.0 Å². The van der Waals surface area contributed by atoms with Crippen LogP contribution in [0.15, 0.2) is 42.5 Å². The first-order valence-electron chi connectivity index (χ1n) is 9.29. The molecule has 0 fully saturated rings. The molecule has 0 atom stereocenters. The Balaban J connectivity index is 0.00000240. The van der Waals surface area contributed by atoms with E-state index in [1.165, 1.54) is 16.9 Å². The molecule has 1 aliphatic heterocycles. The van der Waals surface area contributed by atoms with Gasteiger partial charge in [-0.1, -0.05) is 41.7 Å². The molecule has 4 rings (SSSR count). The molecule has 2 aromatic carbocycles. The standard InChI is InChI=1S/C21H23N3O3S.ClH/c1-23(2)10-11-24(20(25)9-8-15-6-4-3-5-7-15)21-22-16-12-17-18(27-14-26-17)13-19(16)28-21;/h3-7,12-13H,8-11,14H2,1-2H3;1H. The van der Waals surface area contributed by atoms with E-state index in [9.17, 15) is 4.79 Å². The van der Waals surface area contributed by atoms with E-state index in [1.54, 1.807) is 4.90 Å². The van der Waals surface area contributed by atoms with Gasteiger partial charge >= 0.3 is 0 Å². The van der Waals surface area contributed by atoms with Crippen molar-refractivity contribution in [2.75, 3.05) is 38.9 Å². The van der Waals surface area contributed by atoms with Crippen LogP contribution >= 0.6 is 23.7 Å². The topological polar surface area (TPSA) is 54.9 Å². The highest BCUT2D eigenvalue weighted by Crippen LogP contribution is 2.39. The predicted molar refractivity (Wildman–Crippen MR) is 119 cm³/mol. The first kappa shape index (κ1) is 21.4. The Morgan fingerprint density at radius 3 is 2.55 bits per heavy atom. The van der Waals surface area contributed by atoms with Crippen molar-refractivity contribution < 1.29 is 14.3 Å². The highest BCUT2D eigenvalue weighted by molar-refractivity contribution is 7.22. The zero-order valence-electron chi connectivity index (χ0n) is 16.5. The predicted octanol–water partition coefficient (Wildman–Crippen LogP) is 3.97. The van der Waals surface area contributed by atoms with Gasteiger partial charge in [-0.25, -0.2) is 4.98 Å². The summed E-state index contributed by atoms with van der Waals surface area (Å²) in [6.07, 6.45) is 1.18. The van der Waals surface area contributed by atoms with Crippen molar-refractivity contribution in [3.63, 3.8) is 0 Å². The molecule has 154 valence electrons. The van der Waals surface area contributed by atoms with Gasteiger partial charge in [-0.05, 0) is 26.1 Å². The van der Waals surface area contributed by atoms with E-state index in [1.807, 2.05) is 44.4 Å². The lowest BCUT2D eigenvalue weighted by Crippen LogP contribution is -2.36. The summed E-state index contributed by atoms with van der Waals surface area (Å²) in [6, 6.07) is 13.9. The maximum Gasteiger partial charge on any atom is 0.231 e. The second-order valence-corrected chi connectivity index (χ2v) is 8.01. The molecule has 0 N–H and O–H groups in total. The molecule has 0 aliphatic carbocycles. The molecular weight excluding hydrogens is 410 g/mol. The van der Waals surface area contributed by atoms with Crippen molar-refractivity contribution in [3.05, 3.63) is 48.0 Å². The van der Waals surface area contributed by atoms with Crippen LogP contribution in [-0.4, -0.2) is 49.8 Å². The number of hydrogen-bond donors (Lipinski definition) is 0. The Kier molecular flexibility index (Phi) is 6.95. The van der Waals surface area contributed by atoms with Gasteiger partial charge in [-0.2, -0.15) is 0 Å². The van der Waals surface area contributed by atoms with Crippen molar-refractivity contribution in [1.82, 2.24) is 9.88 Å². The van der Waals surface area contributed by atoms with Crippen LogP contribution in [0.25, 0.3) is 10.2 Å². The highest BCUT2D eigenvalue weighted by Gasteiger charge is 2.22. The Bertz CT molecular complexity index is 937. The Morgan fingerprint density at radius 1 is 1.10 bits per heavy atom. The number of thiazole rings is 1. The molecular formula is C21H24ClN3O3S. The van der Waals surface area contributed by atoms with Crippen molar-refractivity contribution in [3.8, 4) is 11.5 Å². The Labute approximate surface area is 180 Å². The highest BCUT2D eigenvalue weighted by atomic mass is 35.5. The van der Waals surface area contributed by atoms with Gasteiger partial charge in [0.2, 0.25) is 12.7 Å². The average molecular weight is 434 g/mol. The first-order valence-corrected chi connectivity index (χ1v) is 10.1. The maximum absolute atomic E-state index is 13.0. The Morgan fingerprint density at radius 2 is 1.83 bits per heavy atom. The van der Waals surface area contributed by atoms with Gasteiger partial charge in [-0.15, -0.1) is 12.4 Å². The maximum atomic E-state index is 13.0. The molecule has 0 saturated heterocycles. The molecule has 6 nitrogen and oxygen atoms in total. The van der Waals surface area contributed by atoms with Gasteiger partial charge in [-0.3, -0.25) is 9.69 Å². The number of halogens is 1. The van der Waals surface area contributed by atoms with E-state index in [-0.39, 0.29) is 25.1 Å². The number of hydrogen-bond acceptors (Lipinski definition) is 6. The van der Waals surface area contributed by atoms with E-state index in [4.69, 9.17) is 14.5 Å². The number of carbonyl (C=O) groups excluding carboxylic acids is 1. The van der Waals surface area contributed by atoms with E-state index < -0.39 is 0 Å². The largest absolute Gasteiger partial charge is 0.454 e. The van der Waals surface area contributed by atoms with Gasteiger partial charge < -0.3 is 14.4 Å². The van der Waals surface area contributed by atoms with Gasteiger partial charge in [0, 0.05) is 31.6 Å². The number of anilines is 1. The van der Waals surface area contributed by atoms with E-state index in [2.05, 4.69) is 17.0 Å². The van der Waals surface area contributed by atoms with Crippen molar-refractivity contribution >= 4 is 45.0 Å². The number of benzene rings is 2. The van der Waals surface area contributed by atoms with Crippen molar-refractivity contribution in [2.24, 2.45) is 0 Å². The number of nitrogens with zero attached hydrogens (tertiary/aromatic N) is 3. The third-order valence-electron chi connectivity index (χ3n) is 4.64. The molecule has 1 amide bonds. The second-order valence-electron chi connectivity index (χ2n) is 7.00. The monoisotopic (exact) mass is 433 g/mol. The first-order chi connectivity index (χ1) is 13.6. The Hall–Kier alpha value is -2.35. The summed E-state index contributed by atoms with van der Waals surface area (Å²) >= 11 is 1.51. The second kappa shape index (κ2) is 9.43. The summed E-state index contributed by atoms with van der Waals surface area (Å²) in [5.74, 6) is 1.53. The summed E-state index contributed by atoms with van der Waals surface area (Å²) in [4.78, 5) is 21.6. The lowest BCUT2D eigenvalue weighted by Gasteiger charge is -2.22. The number of aromatic nitrogens is 1. The molecule has 2 heterocycles. The van der Waals surface area contributed by atoms with E-state index in [0.717, 1.165) is 34.1 Å². The van der Waals surface area contributed by atoms with Crippen molar-refractivity contribution in [2.45, 2.75) is 12.8 Å². The number of aryl methyl sites for hydroxylation is 1. The summed E-state index contributed by atoms with van der Waals surface area (Å²) in [5, 5.41) is 0.721. The number of likely N-dealkylation sites (N-methyl/N-ethyl adjacent to an activating group) is 1. The molecule has 29 heavy (non-hydrogen) atoms. The van der Waals surface area contributed by atoms with Crippen LogP contribution in [0.5, 0.6) is 11.5 Å². The summed E-state index contributed by atoms with van der Waals surface area (Å²) < 4.78 is 11.9. The molecule has 0 bridgehead atoms. The minimum atomic E-state index is 0. The molecule has 1 aromatic heterocycles. The molecule has 0 unspecified atom stereocenters. The van der Waals surface area contributed by atoms with E-state index >= 15 is 0 Å². The summed E-state index contributed by atoms with van der Waals surface area (Å²) in [7, 11) is 4.01. The zero-order valence-corrected chi connectivity index (χ0v) is 18.1. The molecule has 1 aliphatic rings. The van der Waals surface area contributed by atoms with Gasteiger partial charge in [0.1, 0.15) is 0 Å². The lowest BCUT2D eigenvalue weighted by molar-refractivity contribution is -0.118. The van der Waals surface area contributed by atoms with Gasteiger partial charge in [0.25, 0.3) is 0 Å². The number of carbonyl (C=O) groups is 1. The SMILES string of the molecule is CN(C)CCN(C(=O)CCc1ccccc1)c1nc2cc3c(cc2s1)OCO3.Cl. The molecule has 0 spiro atoms. The molecule has 0 saturated carbocycles. The van der Waals surface area contributed by atoms with E-state index in [0.29, 0.717) is 18.7 Å².